The van der Waals surface area contributed by atoms with Gasteiger partial charge < -0.3 is 9.80 Å². The lowest BCUT2D eigenvalue weighted by Crippen LogP contribution is -2.51. The molecule has 1 fully saturated rings. The third-order valence-corrected chi connectivity index (χ3v) is 3.71. The van der Waals surface area contributed by atoms with Crippen molar-refractivity contribution in [2.75, 3.05) is 40.3 Å². The highest BCUT2D eigenvalue weighted by Gasteiger charge is 2.30. The first-order valence-corrected chi connectivity index (χ1v) is 7.12. The Morgan fingerprint density at radius 3 is 2.09 bits per heavy atom. The number of amides is 2. The Balaban J connectivity index is 1.87. The van der Waals surface area contributed by atoms with Gasteiger partial charge >= 0.3 is 12.2 Å². The molecule has 1 aliphatic heterocycles. The van der Waals surface area contributed by atoms with E-state index in [1.54, 1.807) is 23.9 Å². The molecule has 2 amide bonds. The molecule has 122 valence electrons. The van der Waals surface area contributed by atoms with Crippen LogP contribution in [0.1, 0.15) is 11.1 Å². The summed E-state index contributed by atoms with van der Waals surface area (Å²) in [6, 6.07) is 5.25. The Labute approximate surface area is 128 Å². The molecule has 1 heterocycles. The highest BCUT2D eigenvalue weighted by Crippen LogP contribution is 2.29. The topological polar surface area (TPSA) is 26.8 Å². The molecule has 0 spiro atoms. The Kier molecular flexibility index (Phi) is 4.95. The van der Waals surface area contributed by atoms with Crippen LogP contribution in [0.15, 0.2) is 24.3 Å². The van der Waals surface area contributed by atoms with Gasteiger partial charge in [0.25, 0.3) is 0 Å². The minimum Gasteiger partial charge on any atom is -0.331 e. The van der Waals surface area contributed by atoms with Crippen LogP contribution in [0.25, 0.3) is 0 Å². The fraction of sp³-hybridized carbons (Fsp3) is 0.533. The van der Waals surface area contributed by atoms with Crippen LogP contribution in [0.2, 0.25) is 0 Å². The second kappa shape index (κ2) is 6.56. The summed E-state index contributed by atoms with van der Waals surface area (Å²) in [5.74, 6) is 0. The van der Waals surface area contributed by atoms with Crippen molar-refractivity contribution in [1.82, 2.24) is 14.7 Å². The van der Waals surface area contributed by atoms with E-state index in [1.807, 2.05) is 0 Å². The van der Waals surface area contributed by atoms with E-state index >= 15 is 0 Å². The molecule has 1 aromatic rings. The van der Waals surface area contributed by atoms with E-state index in [1.165, 1.54) is 12.1 Å². The smallest absolute Gasteiger partial charge is 0.331 e. The van der Waals surface area contributed by atoms with Gasteiger partial charge in [-0.3, -0.25) is 4.90 Å². The predicted molar refractivity (Wildman–Crippen MR) is 77.4 cm³/mol. The van der Waals surface area contributed by atoms with E-state index in [9.17, 15) is 18.0 Å². The lowest BCUT2D eigenvalue weighted by molar-refractivity contribution is -0.137. The van der Waals surface area contributed by atoms with Crippen LogP contribution in [0.3, 0.4) is 0 Å². The van der Waals surface area contributed by atoms with Gasteiger partial charge in [-0.1, -0.05) is 12.1 Å². The molecule has 1 aromatic carbocycles. The average molecular weight is 315 g/mol. The highest BCUT2D eigenvalue weighted by atomic mass is 19.4. The molecule has 0 N–H and O–H groups in total. The van der Waals surface area contributed by atoms with Gasteiger partial charge in [-0.15, -0.1) is 0 Å². The van der Waals surface area contributed by atoms with Crippen molar-refractivity contribution >= 4 is 6.03 Å². The van der Waals surface area contributed by atoms with Crippen LogP contribution in [-0.2, 0) is 12.7 Å². The van der Waals surface area contributed by atoms with Crippen LogP contribution in [0.5, 0.6) is 0 Å². The number of rotatable bonds is 2. The Morgan fingerprint density at radius 2 is 1.64 bits per heavy atom. The number of nitrogens with zero attached hydrogens (tertiary/aromatic N) is 3. The molecule has 0 radical (unpaired) electrons. The monoisotopic (exact) mass is 315 g/mol. The van der Waals surface area contributed by atoms with E-state index < -0.39 is 11.7 Å². The van der Waals surface area contributed by atoms with Crippen LogP contribution in [0, 0.1) is 0 Å². The van der Waals surface area contributed by atoms with Gasteiger partial charge in [0.2, 0.25) is 0 Å². The number of halogens is 3. The van der Waals surface area contributed by atoms with Gasteiger partial charge in [0.05, 0.1) is 5.56 Å². The zero-order valence-corrected chi connectivity index (χ0v) is 12.7. The fourth-order valence-electron chi connectivity index (χ4n) is 2.44. The minimum atomic E-state index is -4.29. The first kappa shape index (κ1) is 16.6. The number of piperazine rings is 1. The molecule has 0 saturated carbocycles. The normalized spacial score (nSPS) is 16.7. The van der Waals surface area contributed by atoms with Gasteiger partial charge in [0.1, 0.15) is 0 Å². The first-order valence-electron chi connectivity index (χ1n) is 7.12. The number of alkyl halides is 3. The Morgan fingerprint density at radius 1 is 1.09 bits per heavy atom. The van der Waals surface area contributed by atoms with Crippen LogP contribution in [0.4, 0.5) is 18.0 Å². The molecular weight excluding hydrogens is 295 g/mol. The summed E-state index contributed by atoms with van der Waals surface area (Å²) < 4.78 is 37.5. The highest BCUT2D eigenvalue weighted by molar-refractivity contribution is 5.73. The average Bonchev–Trinajstić information content (AvgIpc) is 2.47. The second-order valence-corrected chi connectivity index (χ2v) is 5.63. The summed E-state index contributed by atoms with van der Waals surface area (Å²) in [7, 11) is 3.44. The lowest BCUT2D eigenvalue weighted by atomic mass is 10.1. The fourth-order valence-corrected chi connectivity index (χ4v) is 2.44. The maximum absolute atomic E-state index is 12.5. The summed E-state index contributed by atoms with van der Waals surface area (Å²) in [6.07, 6.45) is -4.29. The van der Waals surface area contributed by atoms with E-state index in [0.29, 0.717) is 19.6 Å². The van der Waals surface area contributed by atoms with E-state index in [-0.39, 0.29) is 6.03 Å². The van der Waals surface area contributed by atoms with E-state index in [2.05, 4.69) is 4.90 Å². The van der Waals surface area contributed by atoms with Gasteiger partial charge in [-0.05, 0) is 17.7 Å². The van der Waals surface area contributed by atoms with Crippen LogP contribution < -0.4 is 0 Å². The lowest BCUT2D eigenvalue weighted by Gasteiger charge is -2.36. The Bertz CT molecular complexity index is 506. The number of benzene rings is 1. The molecule has 0 bridgehead atoms. The van der Waals surface area contributed by atoms with Gasteiger partial charge in [0, 0.05) is 46.8 Å². The maximum atomic E-state index is 12.5. The summed E-state index contributed by atoms with van der Waals surface area (Å²) in [5.41, 5.74) is 0.220. The molecule has 1 aliphatic rings. The summed E-state index contributed by atoms with van der Waals surface area (Å²) >= 11 is 0. The molecule has 0 aliphatic carbocycles. The number of carbonyl (C=O) groups is 1. The van der Waals surface area contributed by atoms with Gasteiger partial charge in [0.15, 0.2) is 0 Å². The van der Waals surface area contributed by atoms with Gasteiger partial charge in [-0.25, -0.2) is 4.79 Å². The number of hydrogen-bond acceptors (Lipinski definition) is 2. The number of carbonyl (C=O) groups excluding carboxylic acids is 1. The molecular formula is C15H20F3N3O. The Hall–Kier alpha value is -1.76. The standard InChI is InChI=1S/C15H20F3N3O/c1-19(2)14(22)21-9-7-20(8-10-21)11-12-3-5-13(6-4-12)15(16,17)18/h3-6H,7-11H2,1-2H3. The maximum Gasteiger partial charge on any atom is 0.416 e. The van der Waals surface area contributed by atoms with E-state index in [4.69, 9.17) is 0 Å². The third-order valence-electron chi connectivity index (χ3n) is 3.71. The summed E-state index contributed by atoms with van der Waals surface area (Å²) in [4.78, 5) is 17.3. The second-order valence-electron chi connectivity index (χ2n) is 5.63. The molecule has 0 aromatic heterocycles. The molecule has 1 saturated heterocycles. The third kappa shape index (κ3) is 4.13. The zero-order chi connectivity index (χ0) is 16.3. The minimum absolute atomic E-state index is 0.00539. The molecule has 22 heavy (non-hydrogen) atoms. The van der Waals surface area contributed by atoms with Crippen LogP contribution >= 0.6 is 0 Å². The predicted octanol–water partition coefficient (Wildman–Crippen LogP) is 2.50. The van der Waals surface area contributed by atoms with Crippen LogP contribution in [-0.4, -0.2) is 61.0 Å². The quantitative estimate of drug-likeness (QED) is 0.838. The molecule has 2 rings (SSSR count). The SMILES string of the molecule is CN(C)C(=O)N1CCN(Cc2ccc(C(F)(F)F)cc2)CC1. The summed E-state index contributed by atoms with van der Waals surface area (Å²) in [5, 5.41) is 0. The van der Waals surface area contributed by atoms with Gasteiger partial charge in [-0.2, -0.15) is 13.2 Å². The first-order chi connectivity index (χ1) is 10.3. The van der Waals surface area contributed by atoms with Crippen molar-refractivity contribution in [2.45, 2.75) is 12.7 Å². The van der Waals surface area contributed by atoms with Crippen molar-refractivity contribution in [3.8, 4) is 0 Å². The zero-order valence-electron chi connectivity index (χ0n) is 12.7. The summed E-state index contributed by atoms with van der Waals surface area (Å²) in [6.45, 7) is 3.32. The van der Waals surface area contributed by atoms with Crippen molar-refractivity contribution in [1.29, 1.82) is 0 Å². The van der Waals surface area contributed by atoms with Crippen molar-refractivity contribution in [2.24, 2.45) is 0 Å². The molecule has 7 heteroatoms. The van der Waals surface area contributed by atoms with E-state index in [0.717, 1.165) is 30.8 Å². The molecule has 0 atom stereocenters. The number of hydrogen-bond donors (Lipinski definition) is 0. The largest absolute Gasteiger partial charge is 0.416 e. The van der Waals surface area contributed by atoms with Crippen molar-refractivity contribution in [3.63, 3.8) is 0 Å². The van der Waals surface area contributed by atoms with Crippen molar-refractivity contribution in [3.05, 3.63) is 35.4 Å². The molecule has 4 nitrogen and oxygen atoms in total. The molecule has 0 unspecified atom stereocenters. The number of urea groups is 1. The van der Waals surface area contributed by atoms with Crippen molar-refractivity contribution < 1.29 is 18.0 Å².